The van der Waals surface area contributed by atoms with Gasteiger partial charge in [-0.3, -0.25) is 9.97 Å². The van der Waals surface area contributed by atoms with Crippen LogP contribution < -0.4 is 10.5 Å². The highest BCUT2D eigenvalue weighted by Crippen LogP contribution is 2.17. The smallest absolute Gasteiger partial charge is 0.213 e. The molecule has 0 saturated carbocycles. The number of primary sulfonamides is 1. The van der Waals surface area contributed by atoms with Gasteiger partial charge in [0.15, 0.2) is 0 Å². The monoisotopic (exact) mass is 292 g/mol. The van der Waals surface area contributed by atoms with Crippen molar-refractivity contribution in [2.45, 2.75) is 18.7 Å². The largest absolute Gasteiger partial charge is 0.377 e. The Hall–Kier alpha value is -1.99. The summed E-state index contributed by atoms with van der Waals surface area (Å²) in [5, 5.41) is 8.27. The third-order valence-corrected chi connectivity index (χ3v) is 3.47. The molecule has 0 aliphatic carbocycles. The highest BCUT2D eigenvalue weighted by Gasteiger charge is 2.08. The van der Waals surface area contributed by atoms with E-state index in [1.54, 1.807) is 30.7 Å². The molecule has 1 aromatic heterocycles. The second kappa shape index (κ2) is 5.98. The summed E-state index contributed by atoms with van der Waals surface area (Å²) in [6.07, 6.45) is 4.97. The van der Waals surface area contributed by atoms with Crippen LogP contribution in [0.4, 0.5) is 5.69 Å². The first kappa shape index (κ1) is 14.4. The molecule has 7 heteroatoms. The topological polar surface area (TPSA) is 98.0 Å². The molecular formula is C13H16N4O2S. The SMILES string of the molecule is CC(Nc1ccc(CS(N)(=O)=O)cc1)c1cnccn1. The van der Waals surface area contributed by atoms with E-state index in [0.29, 0.717) is 5.56 Å². The number of sulfonamides is 1. The zero-order valence-corrected chi connectivity index (χ0v) is 11.8. The number of nitrogens with zero attached hydrogens (tertiary/aromatic N) is 2. The molecule has 1 atom stereocenters. The van der Waals surface area contributed by atoms with Crippen molar-refractivity contribution in [2.24, 2.45) is 5.14 Å². The maximum atomic E-state index is 11.0. The number of nitrogens with one attached hydrogen (secondary N) is 1. The Morgan fingerprint density at radius 1 is 1.25 bits per heavy atom. The molecule has 0 saturated heterocycles. The standard InChI is InChI=1S/C13H16N4O2S/c1-10(13-8-15-6-7-16-13)17-12-4-2-11(3-5-12)9-20(14,18)19/h2-8,10,17H,9H2,1H3,(H2,14,18,19). The molecule has 1 aromatic carbocycles. The van der Waals surface area contributed by atoms with Gasteiger partial charge in [-0.25, -0.2) is 13.6 Å². The molecule has 0 radical (unpaired) electrons. The van der Waals surface area contributed by atoms with Gasteiger partial charge < -0.3 is 5.32 Å². The molecule has 2 aromatic rings. The number of hydrogen-bond acceptors (Lipinski definition) is 5. The number of rotatable bonds is 5. The Morgan fingerprint density at radius 2 is 1.95 bits per heavy atom. The van der Waals surface area contributed by atoms with Crippen LogP contribution in [-0.2, 0) is 15.8 Å². The van der Waals surface area contributed by atoms with E-state index in [9.17, 15) is 8.42 Å². The molecule has 1 unspecified atom stereocenters. The lowest BCUT2D eigenvalue weighted by molar-refractivity contribution is 0.597. The van der Waals surface area contributed by atoms with Gasteiger partial charge in [-0.2, -0.15) is 0 Å². The Morgan fingerprint density at radius 3 is 2.50 bits per heavy atom. The van der Waals surface area contributed by atoms with Gasteiger partial charge in [0.1, 0.15) is 0 Å². The summed E-state index contributed by atoms with van der Waals surface area (Å²) >= 11 is 0. The van der Waals surface area contributed by atoms with Crippen LogP contribution in [-0.4, -0.2) is 18.4 Å². The van der Waals surface area contributed by atoms with E-state index in [-0.39, 0.29) is 11.8 Å². The summed E-state index contributed by atoms with van der Waals surface area (Å²) in [6.45, 7) is 1.97. The van der Waals surface area contributed by atoms with Crippen LogP contribution in [0.5, 0.6) is 0 Å². The van der Waals surface area contributed by atoms with Gasteiger partial charge in [0.05, 0.1) is 23.7 Å². The lowest BCUT2D eigenvalue weighted by Gasteiger charge is -2.14. The zero-order valence-electron chi connectivity index (χ0n) is 11.0. The second-order valence-corrected chi connectivity index (χ2v) is 6.11. The molecule has 6 nitrogen and oxygen atoms in total. The molecule has 0 fully saturated rings. The van der Waals surface area contributed by atoms with Gasteiger partial charge >= 0.3 is 0 Å². The number of anilines is 1. The fourth-order valence-corrected chi connectivity index (χ4v) is 2.44. The maximum absolute atomic E-state index is 11.0. The lowest BCUT2D eigenvalue weighted by Crippen LogP contribution is -2.14. The van der Waals surface area contributed by atoms with Crippen molar-refractivity contribution in [1.29, 1.82) is 0 Å². The van der Waals surface area contributed by atoms with E-state index in [1.807, 2.05) is 19.1 Å². The van der Waals surface area contributed by atoms with Crippen molar-refractivity contribution in [3.05, 3.63) is 54.1 Å². The van der Waals surface area contributed by atoms with Crippen LogP contribution in [0.25, 0.3) is 0 Å². The summed E-state index contributed by atoms with van der Waals surface area (Å²) in [5.74, 6) is -0.160. The van der Waals surface area contributed by atoms with Crippen LogP contribution in [0.1, 0.15) is 24.2 Å². The Kier molecular flexibility index (Phi) is 4.31. The minimum Gasteiger partial charge on any atom is -0.377 e. The minimum atomic E-state index is -3.49. The van der Waals surface area contributed by atoms with Crippen LogP contribution in [0, 0.1) is 0 Å². The van der Waals surface area contributed by atoms with E-state index in [1.165, 1.54) is 0 Å². The molecule has 0 bridgehead atoms. The van der Waals surface area contributed by atoms with Gasteiger partial charge in [0, 0.05) is 18.1 Å². The average Bonchev–Trinajstić information content (AvgIpc) is 2.40. The van der Waals surface area contributed by atoms with Crippen LogP contribution in [0.15, 0.2) is 42.9 Å². The molecule has 0 spiro atoms. The molecule has 1 heterocycles. The van der Waals surface area contributed by atoms with Gasteiger partial charge in [-0.1, -0.05) is 12.1 Å². The molecule has 0 aliphatic heterocycles. The van der Waals surface area contributed by atoms with Crippen molar-refractivity contribution in [3.8, 4) is 0 Å². The first-order chi connectivity index (χ1) is 9.44. The predicted molar refractivity (Wildman–Crippen MR) is 77.3 cm³/mol. The summed E-state index contributed by atoms with van der Waals surface area (Å²) in [7, 11) is -3.49. The Bertz CT molecular complexity index is 657. The molecule has 0 amide bonds. The van der Waals surface area contributed by atoms with E-state index < -0.39 is 10.0 Å². The van der Waals surface area contributed by atoms with Gasteiger partial charge in [0.25, 0.3) is 0 Å². The number of aromatic nitrogens is 2. The molecule has 3 N–H and O–H groups in total. The van der Waals surface area contributed by atoms with E-state index in [0.717, 1.165) is 11.4 Å². The first-order valence-electron chi connectivity index (χ1n) is 6.06. The van der Waals surface area contributed by atoms with Crippen molar-refractivity contribution < 1.29 is 8.42 Å². The average molecular weight is 292 g/mol. The molecule has 20 heavy (non-hydrogen) atoms. The summed E-state index contributed by atoms with van der Waals surface area (Å²) in [5.41, 5.74) is 2.37. The molecule has 2 rings (SSSR count). The van der Waals surface area contributed by atoms with E-state index in [2.05, 4.69) is 15.3 Å². The van der Waals surface area contributed by atoms with E-state index >= 15 is 0 Å². The van der Waals surface area contributed by atoms with Crippen molar-refractivity contribution in [3.63, 3.8) is 0 Å². The van der Waals surface area contributed by atoms with Gasteiger partial charge in [-0.05, 0) is 24.6 Å². The highest BCUT2D eigenvalue weighted by molar-refractivity contribution is 7.88. The third-order valence-electron chi connectivity index (χ3n) is 2.73. The minimum absolute atomic E-state index is 0.00721. The van der Waals surface area contributed by atoms with Crippen LogP contribution >= 0.6 is 0 Å². The summed E-state index contributed by atoms with van der Waals surface area (Å²) < 4.78 is 22.0. The summed E-state index contributed by atoms with van der Waals surface area (Å²) in [4.78, 5) is 8.24. The molecule has 106 valence electrons. The Balaban J connectivity index is 2.04. The zero-order chi connectivity index (χ0) is 14.6. The third kappa shape index (κ3) is 4.29. The van der Waals surface area contributed by atoms with Crippen LogP contribution in [0.3, 0.4) is 0 Å². The predicted octanol–water partition coefficient (Wildman–Crippen LogP) is 1.44. The number of benzene rings is 1. The number of nitrogens with two attached hydrogens (primary N) is 1. The normalized spacial score (nSPS) is 12.9. The first-order valence-corrected chi connectivity index (χ1v) is 7.77. The summed E-state index contributed by atoms with van der Waals surface area (Å²) in [6, 6.07) is 7.10. The Labute approximate surface area is 118 Å². The quantitative estimate of drug-likeness (QED) is 0.869. The maximum Gasteiger partial charge on any atom is 0.213 e. The number of hydrogen-bond donors (Lipinski definition) is 2. The van der Waals surface area contributed by atoms with Crippen molar-refractivity contribution in [2.75, 3.05) is 5.32 Å². The molecule has 0 aliphatic rings. The second-order valence-electron chi connectivity index (χ2n) is 4.50. The fourth-order valence-electron chi connectivity index (χ4n) is 1.79. The van der Waals surface area contributed by atoms with E-state index in [4.69, 9.17) is 5.14 Å². The highest BCUT2D eigenvalue weighted by atomic mass is 32.2. The van der Waals surface area contributed by atoms with Crippen molar-refractivity contribution >= 4 is 15.7 Å². The van der Waals surface area contributed by atoms with Crippen LogP contribution in [0.2, 0.25) is 0 Å². The molecular weight excluding hydrogens is 276 g/mol. The van der Waals surface area contributed by atoms with Gasteiger partial charge in [0.2, 0.25) is 10.0 Å². The lowest BCUT2D eigenvalue weighted by atomic mass is 10.2. The van der Waals surface area contributed by atoms with Gasteiger partial charge in [-0.15, -0.1) is 0 Å². The van der Waals surface area contributed by atoms with Crippen molar-refractivity contribution in [1.82, 2.24) is 9.97 Å². The fraction of sp³-hybridized carbons (Fsp3) is 0.231.